The van der Waals surface area contributed by atoms with Crippen LogP contribution in [-0.4, -0.2) is 25.6 Å². The van der Waals surface area contributed by atoms with E-state index < -0.39 is 0 Å². The first kappa shape index (κ1) is 11.5. The second-order valence-corrected chi connectivity index (χ2v) is 4.91. The maximum atomic E-state index is 11.7. The van der Waals surface area contributed by atoms with E-state index in [4.69, 9.17) is 4.74 Å². The third-order valence-corrected chi connectivity index (χ3v) is 3.47. The molecule has 0 aromatic heterocycles. The minimum absolute atomic E-state index is 0.145. The van der Waals surface area contributed by atoms with Crippen LogP contribution in [0.25, 0.3) is 0 Å². The number of amides is 1. The van der Waals surface area contributed by atoms with Crippen LogP contribution < -0.4 is 15.4 Å². The Morgan fingerprint density at radius 1 is 1.39 bits per heavy atom. The van der Waals surface area contributed by atoms with E-state index in [0.717, 1.165) is 30.7 Å². The summed E-state index contributed by atoms with van der Waals surface area (Å²) in [6, 6.07) is 8.17. The van der Waals surface area contributed by atoms with Crippen LogP contribution in [0.4, 0.5) is 0 Å². The van der Waals surface area contributed by atoms with Gasteiger partial charge >= 0.3 is 0 Å². The maximum absolute atomic E-state index is 11.7. The van der Waals surface area contributed by atoms with Crippen molar-refractivity contribution in [1.82, 2.24) is 10.6 Å². The molecule has 1 fully saturated rings. The van der Waals surface area contributed by atoms with Gasteiger partial charge in [0.25, 0.3) is 0 Å². The molecule has 0 saturated heterocycles. The second kappa shape index (κ2) is 4.98. The lowest BCUT2D eigenvalue weighted by Gasteiger charge is -2.18. The summed E-state index contributed by atoms with van der Waals surface area (Å²) in [7, 11) is 0. The van der Waals surface area contributed by atoms with Crippen molar-refractivity contribution < 1.29 is 9.53 Å². The van der Waals surface area contributed by atoms with Crippen LogP contribution in [0.1, 0.15) is 24.4 Å². The first-order valence-corrected chi connectivity index (χ1v) is 6.57. The third-order valence-electron chi connectivity index (χ3n) is 3.47. The van der Waals surface area contributed by atoms with Gasteiger partial charge < -0.3 is 15.4 Å². The van der Waals surface area contributed by atoms with Gasteiger partial charge in [0, 0.05) is 24.6 Å². The van der Waals surface area contributed by atoms with Crippen molar-refractivity contribution in [3.05, 3.63) is 29.8 Å². The van der Waals surface area contributed by atoms with E-state index in [9.17, 15) is 4.79 Å². The number of nitrogens with one attached hydrogen (secondary N) is 2. The maximum Gasteiger partial charge on any atom is 0.223 e. The van der Waals surface area contributed by atoms with Crippen molar-refractivity contribution in [3.63, 3.8) is 0 Å². The van der Waals surface area contributed by atoms with Gasteiger partial charge in [-0.1, -0.05) is 18.2 Å². The van der Waals surface area contributed by atoms with Gasteiger partial charge in [0.1, 0.15) is 12.4 Å². The molecule has 1 aliphatic carbocycles. The molecular weight excluding hydrogens is 228 g/mol. The molecule has 2 N–H and O–H groups in total. The Morgan fingerprint density at radius 2 is 2.22 bits per heavy atom. The zero-order valence-corrected chi connectivity index (χ0v) is 10.3. The fourth-order valence-electron chi connectivity index (χ4n) is 2.28. The van der Waals surface area contributed by atoms with Gasteiger partial charge in [0.05, 0.1) is 6.04 Å². The van der Waals surface area contributed by atoms with E-state index in [1.807, 2.05) is 18.2 Å². The SMILES string of the molecule is O=C(NCC1NCCOc2ccccc21)C1CC1. The lowest BCUT2D eigenvalue weighted by atomic mass is 10.1. The summed E-state index contributed by atoms with van der Waals surface area (Å²) in [5.41, 5.74) is 1.13. The minimum Gasteiger partial charge on any atom is -0.492 e. The molecule has 0 spiro atoms. The average molecular weight is 246 g/mol. The standard InChI is InChI=1S/C14H18N2O2/c17-14(10-5-6-10)16-9-12-11-3-1-2-4-13(11)18-8-7-15-12/h1-4,10,12,15H,5-9H2,(H,16,17). The van der Waals surface area contributed by atoms with Gasteiger partial charge in [0.15, 0.2) is 0 Å². The van der Waals surface area contributed by atoms with Gasteiger partial charge in [-0.25, -0.2) is 0 Å². The fourth-order valence-corrected chi connectivity index (χ4v) is 2.28. The third kappa shape index (κ3) is 2.48. The van der Waals surface area contributed by atoms with Crippen LogP contribution in [0.15, 0.2) is 24.3 Å². The Hall–Kier alpha value is -1.55. The van der Waals surface area contributed by atoms with E-state index >= 15 is 0 Å². The highest BCUT2D eigenvalue weighted by atomic mass is 16.5. The number of carbonyl (C=O) groups is 1. The summed E-state index contributed by atoms with van der Waals surface area (Å²) < 4.78 is 5.67. The molecule has 1 atom stereocenters. The molecule has 1 aromatic carbocycles. The molecule has 1 unspecified atom stereocenters. The number of rotatable bonds is 3. The molecule has 1 saturated carbocycles. The van der Waals surface area contributed by atoms with Gasteiger partial charge in [-0.05, 0) is 18.9 Å². The summed E-state index contributed by atoms with van der Waals surface area (Å²) >= 11 is 0. The van der Waals surface area contributed by atoms with Gasteiger partial charge in [0.2, 0.25) is 5.91 Å². The van der Waals surface area contributed by atoms with Crippen LogP contribution in [0, 0.1) is 5.92 Å². The van der Waals surface area contributed by atoms with Crippen LogP contribution >= 0.6 is 0 Å². The molecule has 18 heavy (non-hydrogen) atoms. The minimum atomic E-state index is 0.145. The Balaban J connectivity index is 1.68. The summed E-state index contributed by atoms with van der Waals surface area (Å²) in [5, 5.41) is 6.44. The number of hydrogen-bond acceptors (Lipinski definition) is 3. The molecule has 4 heteroatoms. The van der Waals surface area contributed by atoms with E-state index in [-0.39, 0.29) is 17.9 Å². The molecular formula is C14H18N2O2. The van der Waals surface area contributed by atoms with Crippen LogP contribution in [-0.2, 0) is 4.79 Å². The van der Waals surface area contributed by atoms with Crippen LogP contribution in [0.2, 0.25) is 0 Å². The Kier molecular flexibility index (Phi) is 3.19. The van der Waals surface area contributed by atoms with E-state index in [0.29, 0.717) is 13.2 Å². The highest BCUT2D eigenvalue weighted by molar-refractivity contribution is 5.80. The zero-order chi connectivity index (χ0) is 12.4. The Bertz CT molecular complexity index is 443. The summed E-state index contributed by atoms with van der Waals surface area (Å²) in [6.07, 6.45) is 2.09. The number of ether oxygens (including phenoxy) is 1. The number of para-hydroxylation sites is 1. The molecule has 2 aliphatic rings. The van der Waals surface area contributed by atoms with Crippen molar-refractivity contribution in [3.8, 4) is 5.75 Å². The lowest BCUT2D eigenvalue weighted by Crippen LogP contribution is -2.35. The van der Waals surface area contributed by atoms with E-state index in [2.05, 4.69) is 16.7 Å². The smallest absolute Gasteiger partial charge is 0.223 e. The monoisotopic (exact) mass is 246 g/mol. The summed E-state index contributed by atoms with van der Waals surface area (Å²) in [6.45, 7) is 2.11. The first-order chi connectivity index (χ1) is 8.84. The van der Waals surface area contributed by atoms with Gasteiger partial charge in [-0.3, -0.25) is 4.79 Å². The quantitative estimate of drug-likeness (QED) is 0.843. The van der Waals surface area contributed by atoms with E-state index in [1.165, 1.54) is 0 Å². The molecule has 1 aliphatic heterocycles. The number of hydrogen-bond donors (Lipinski definition) is 2. The van der Waals surface area contributed by atoms with Crippen molar-refractivity contribution >= 4 is 5.91 Å². The number of fused-ring (bicyclic) bond motifs is 1. The van der Waals surface area contributed by atoms with Gasteiger partial charge in [-0.2, -0.15) is 0 Å². The number of benzene rings is 1. The second-order valence-electron chi connectivity index (χ2n) is 4.91. The molecule has 1 amide bonds. The average Bonchev–Trinajstić information content (AvgIpc) is 3.23. The highest BCUT2D eigenvalue weighted by Gasteiger charge is 2.30. The predicted octanol–water partition coefficient (Wildman–Crippen LogP) is 1.24. The van der Waals surface area contributed by atoms with Crippen molar-refractivity contribution in [1.29, 1.82) is 0 Å². The first-order valence-electron chi connectivity index (χ1n) is 6.57. The van der Waals surface area contributed by atoms with Crippen LogP contribution in [0.5, 0.6) is 5.75 Å². The predicted molar refractivity (Wildman–Crippen MR) is 68.4 cm³/mol. The lowest BCUT2D eigenvalue weighted by molar-refractivity contribution is -0.122. The molecule has 3 rings (SSSR count). The molecule has 0 bridgehead atoms. The summed E-state index contributed by atoms with van der Waals surface area (Å²) in [4.78, 5) is 11.7. The van der Waals surface area contributed by atoms with Crippen molar-refractivity contribution in [2.45, 2.75) is 18.9 Å². The van der Waals surface area contributed by atoms with E-state index in [1.54, 1.807) is 0 Å². The summed E-state index contributed by atoms with van der Waals surface area (Å²) in [5.74, 6) is 1.38. The van der Waals surface area contributed by atoms with Crippen molar-refractivity contribution in [2.24, 2.45) is 5.92 Å². The molecule has 96 valence electrons. The molecule has 1 aromatic rings. The van der Waals surface area contributed by atoms with Crippen LogP contribution in [0.3, 0.4) is 0 Å². The molecule has 4 nitrogen and oxygen atoms in total. The fraction of sp³-hybridized carbons (Fsp3) is 0.500. The highest BCUT2D eigenvalue weighted by Crippen LogP contribution is 2.30. The zero-order valence-electron chi connectivity index (χ0n) is 10.3. The number of carbonyl (C=O) groups excluding carboxylic acids is 1. The molecule has 0 radical (unpaired) electrons. The largest absolute Gasteiger partial charge is 0.492 e. The Morgan fingerprint density at radius 3 is 3.06 bits per heavy atom. The Labute approximate surface area is 107 Å². The normalized spacial score (nSPS) is 22.6. The van der Waals surface area contributed by atoms with Gasteiger partial charge in [-0.15, -0.1) is 0 Å². The van der Waals surface area contributed by atoms with Crippen molar-refractivity contribution in [2.75, 3.05) is 19.7 Å². The topological polar surface area (TPSA) is 50.4 Å². The molecule has 1 heterocycles.